The highest BCUT2D eigenvalue weighted by molar-refractivity contribution is 5.84. The standard InChI is InChI=1S/C22H22F2N2O2/c23-22(24)28-17-7-5-15(6-8-17)13-21(27)26-11-9-16(10-12-26)19-14-25-20-4-2-1-3-18(19)20/h1-8,14,16,22,25H,9-13H2. The molecular weight excluding hydrogens is 362 g/mol. The number of hydrogen-bond donors (Lipinski definition) is 1. The van der Waals surface area contributed by atoms with Gasteiger partial charge in [0.2, 0.25) is 5.91 Å². The van der Waals surface area contributed by atoms with Gasteiger partial charge in [-0.1, -0.05) is 30.3 Å². The Bertz CT molecular complexity index is 945. The van der Waals surface area contributed by atoms with Crippen LogP contribution in [-0.2, 0) is 11.2 Å². The largest absolute Gasteiger partial charge is 0.435 e. The summed E-state index contributed by atoms with van der Waals surface area (Å²) in [5.41, 5.74) is 3.28. The van der Waals surface area contributed by atoms with Gasteiger partial charge in [-0.3, -0.25) is 4.79 Å². The number of aromatic amines is 1. The molecule has 0 aliphatic carbocycles. The molecule has 1 fully saturated rings. The zero-order valence-corrected chi connectivity index (χ0v) is 15.4. The lowest BCUT2D eigenvalue weighted by atomic mass is 9.89. The van der Waals surface area contributed by atoms with Crippen LogP contribution in [0.1, 0.15) is 29.9 Å². The molecular formula is C22H22F2N2O2. The lowest BCUT2D eigenvalue weighted by molar-refractivity contribution is -0.131. The van der Waals surface area contributed by atoms with Crippen molar-refractivity contribution in [2.45, 2.75) is 31.8 Å². The molecule has 1 amide bonds. The number of aromatic nitrogens is 1. The van der Waals surface area contributed by atoms with Crippen LogP contribution in [0.5, 0.6) is 5.75 Å². The average molecular weight is 384 g/mol. The Morgan fingerprint density at radius 3 is 2.54 bits per heavy atom. The second-order valence-corrected chi connectivity index (χ2v) is 7.14. The van der Waals surface area contributed by atoms with Gasteiger partial charge in [0.25, 0.3) is 0 Å². The number of rotatable bonds is 5. The minimum absolute atomic E-state index is 0.0694. The molecule has 0 atom stereocenters. The van der Waals surface area contributed by atoms with Crippen LogP contribution < -0.4 is 4.74 Å². The molecule has 1 aromatic heterocycles. The van der Waals surface area contributed by atoms with Gasteiger partial charge < -0.3 is 14.6 Å². The third-order valence-electron chi connectivity index (χ3n) is 5.41. The molecule has 4 nitrogen and oxygen atoms in total. The highest BCUT2D eigenvalue weighted by Gasteiger charge is 2.25. The lowest BCUT2D eigenvalue weighted by Crippen LogP contribution is -2.38. The van der Waals surface area contributed by atoms with Crippen LogP contribution in [0.2, 0.25) is 0 Å². The van der Waals surface area contributed by atoms with E-state index in [0.29, 0.717) is 5.92 Å². The van der Waals surface area contributed by atoms with Crippen molar-refractivity contribution < 1.29 is 18.3 Å². The van der Waals surface area contributed by atoms with Gasteiger partial charge in [0.1, 0.15) is 5.75 Å². The summed E-state index contributed by atoms with van der Waals surface area (Å²) in [4.78, 5) is 17.8. The molecule has 3 aromatic rings. The van der Waals surface area contributed by atoms with Crippen molar-refractivity contribution in [3.8, 4) is 5.75 Å². The van der Waals surface area contributed by atoms with E-state index in [1.807, 2.05) is 11.0 Å². The van der Waals surface area contributed by atoms with E-state index in [1.54, 1.807) is 12.1 Å². The number of carbonyl (C=O) groups is 1. The molecule has 0 unspecified atom stereocenters. The first-order chi connectivity index (χ1) is 13.6. The topological polar surface area (TPSA) is 45.3 Å². The van der Waals surface area contributed by atoms with Gasteiger partial charge in [0.15, 0.2) is 0 Å². The number of alkyl halides is 2. The SMILES string of the molecule is O=C(Cc1ccc(OC(F)F)cc1)N1CCC(c2c[nH]c3ccccc23)CC1. The van der Waals surface area contributed by atoms with Crippen LogP contribution in [-0.4, -0.2) is 35.5 Å². The number of H-pyrrole nitrogens is 1. The zero-order valence-electron chi connectivity index (χ0n) is 15.4. The molecule has 1 saturated heterocycles. The number of likely N-dealkylation sites (tertiary alicyclic amines) is 1. The van der Waals surface area contributed by atoms with Gasteiger partial charge in [0.05, 0.1) is 6.42 Å². The molecule has 1 N–H and O–H groups in total. The van der Waals surface area contributed by atoms with Crippen molar-refractivity contribution in [3.63, 3.8) is 0 Å². The minimum Gasteiger partial charge on any atom is -0.435 e. The molecule has 0 saturated carbocycles. The Kier molecular flexibility index (Phi) is 5.28. The van der Waals surface area contributed by atoms with E-state index < -0.39 is 6.61 Å². The summed E-state index contributed by atoms with van der Waals surface area (Å²) in [7, 11) is 0. The summed E-state index contributed by atoms with van der Waals surface area (Å²) < 4.78 is 28.8. The van der Waals surface area contributed by atoms with E-state index in [9.17, 15) is 13.6 Å². The van der Waals surface area contributed by atoms with Crippen LogP contribution in [0.15, 0.2) is 54.7 Å². The average Bonchev–Trinajstić information content (AvgIpc) is 3.13. The first kappa shape index (κ1) is 18.5. The lowest BCUT2D eigenvalue weighted by Gasteiger charge is -2.32. The summed E-state index contributed by atoms with van der Waals surface area (Å²) in [6, 6.07) is 14.6. The van der Waals surface area contributed by atoms with Gasteiger partial charge in [-0.25, -0.2) is 0 Å². The van der Waals surface area contributed by atoms with E-state index in [2.05, 4.69) is 34.1 Å². The van der Waals surface area contributed by atoms with Crippen molar-refractivity contribution in [2.75, 3.05) is 13.1 Å². The van der Waals surface area contributed by atoms with Crippen LogP contribution in [0, 0.1) is 0 Å². The smallest absolute Gasteiger partial charge is 0.387 e. The minimum atomic E-state index is -2.84. The second kappa shape index (κ2) is 8.00. The van der Waals surface area contributed by atoms with Crippen molar-refractivity contribution in [1.82, 2.24) is 9.88 Å². The van der Waals surface area contributed by atoms with Gasteiger partial charge in [-0.05, 0) is 48.1 Å². The maximum absolute atomic E-state index is 12.6. The third-order valence-corrected chi connectivity index (χ3v) is 5.41. The molecule has 146 valence electrons. The van der Waals surface area contributed by atoms with Gasteiger partial charge in [0, 0.05) is 30.2 Å². The van der Waals surface area contributed by atoms with Gasteiger partial charge in [-0.2, -0.15) is 8.78 Å². The second-order valence-electron chi connectivity index (χ2n) is 7.14. The summed E-state index contributed by atoms with van der Waals surface area (Å²) in [6.45, 7) is -1.38. The van der Waals surface area contributed by atoms with E-state index in [4.69, 9.17) is 0 Å². The normalized spacial score (nSPS) is 15.3. The molecule has 0 radical (unpaired) electrons. The summed E-state index contributed by atoms with van der Waals surface area (Å²) in [5, 5.41) is 1.26. The Morgan fingerprint density at radius 2 is 1.82 bits per heavy atom. The number of nitrogens with zero attached hydrogens (tertiary/aromatic N) is 1. The van der Waals surface area contributed by atoms with Crippen LogP contribution in [0.25, 0.3) is 10.9 Å². The Morgan fingerprint density at radius 1 is 1.11 bits per heavy atom. The van der Waals surface area contributed by atoms with Crippen LogP contribution in [0.3, 0.4) is 0 Å². The Labute approximate surface area is 162 Å². The van der Waals surface area contributed by atoms with Gasteiger partial charge >= 0.3 is 6.61 Å². The van der Waals surface area contributed by atoms with E-state index in [1.165, 1.54) is 23.1 Å². The quantitative estimate of drug-likeness (QED) is 0.692. The maximum atomic E-state index is 12.6. The first-order valence-corrected chi connectivity index (χ1v) is 9.47. The fourth-order valence-corrected chi connectivity index (χ4v) is 3.95. The van der Waals surface area contributed by atoms with Crippen LogP contribution in [0.4, 0.5) is 8.78 Å². The van der Waals surface area contributed by atoms with E-state index in [-0.39, 0.29) is 18.1 Å². The first-order valence-electron chi connectivity index (χ1n) is 9.47. The number of nitrogens with one attached hydrogen (secondary N) is 1. The molecule has 2 heterocycles. The summed E-state index contributed by atoms with van der Waals surface area (Å²) >= 11 is 0. The molecule has 1 aliphatic rings. The molecule has 0 bridgehead atoms. The van der Waals surface area contributed by atoms with E-state index >= 15 is 0 Å². The van der Waals surface area contributed by atoms with E-state index in [0.717, 1.165) is 37.0 Å². The number of para-hydroxylation sites is 1. The van der Waals surface area contributed by atoms with Crippen molar-refractivity contribution in [1.29, 1.82) is 0 Å². The third kappa shape index (κ3) is 4.01. The Hall–Kier alpha value is -2.89. The Balaban J connectivity index is 1.34. The molecule has 6 heteroatoms. The highest BCUT2D eigenvalue weighted by Crippen LogP contribution is 2.33. The number of fused-ring (bicyclic) bond motifs is 1. The number of benzene rings is 2. The highest BCUT2D eigenvalue weighted by atomic mass is 19.3. The number of carbonyl (C=O) groups excluding carboxylic acids is 1. The number of ether oxygens (including phenoxy) is 1. The van der Waals surface area contributed by atoms with Crippen molar-refractivity contribution in [2.24, 2.45) is 0 Å². The fourth-order valence-electron chi connectivity index (χ4n) is 3.95. The van der Waals surface area contributed by atoms with Gasteiger partial charge in [-0.15, -0.1) is 0 Å². The predicted octanol–water partition coefficient (Wildman–Crippen LogP) is 4.72. The molecule has 28 heavy (non-hydrogen) atoms. The number of amides is 1. The maximum Gasteiger partial charge on any atom is 0.387 e. The number of halogens is 2. The molecule has 4 rings (SSSR count). The number of hydrogen-bond acceptors (Lipinski definition) is 2. The van der Waals surface area contributed by atoms with Crippen molar-refractivity contribution in [3.05, 3.63) is 65.9 Å². The summed E-state index contributed by atoms with van der Waals surface area (Å²) in [6.07, 6.45) is 4.24. The van der Waals surface area contributed by atoms with Crippen molar-refractivity contribution >= 4 is 16.8 Å². The van der Waals surface area contributed by atoms with Crippen LogP contribution >= 0.6 is 0 Å². The molecule has 2 aromatic carbocycles. The monoisotopic (exact) mass is 384 g/mol. The number of piperidine rings is 1. The fraction of sp³-hybridized carbons (Fsp3) is 0.318. The zero-order chi connectivity index (χ0) is 19.5. The molecule has 0 spiro atoms. The molecule has 1 aliphatic heterocycles. The predicted molar refractivity (Wildman–Crippen MR) is 104 cm³/mol. The summed E-state index contributed by atoms with van der Waals surface area (Å²) in [5.74, 6) is 0.622.